The fourth-order valence-electron chi connectivity index (χ4n) is 2.81. The summed E-state index contributed by atoms with van der Waals surface area (Å²) >= 11 is 0. The number of carbonyl (C=O) groups is 1. The Morgan fingerprint density at radius 1 is 0.926 bits per heavy atom. The minimum absolute atomic E-state index is 0.286. The molecule has 4 rings (SSSR count). The Hall–Kier alpha value is -3.80. The number of fused-ring (bicyclic) bond motifs is 1. The lowest BCUT2D eigenvalue weighted by Crippen LogP contribution is -2.15. The molecule has 0 aliphatic rings. The average molecular weight is 355 g/mol. The fraction of sp³-hybridized carbons (Fsp3) is 0.0476. The highest BCUT2D eigenvalue weighted by atomic mass is 16.1. The van der Waals surface area contributed by atoms with Crippen LogP contribution in [-0.4, -0.2) is 20.9 Å². The van der Waals surface area contributed by atoms with Gasteiger partial charge < -0.3 is 10.6 Å². The highest BCUT2D eigenvalue weighted by Crippen LogP contribution is 2.24. The molecule has 6 heteroatoms. The monoisotopic (exact) mass is 355 g/mol. The summed E-state index contributed by atoms with van der Waals surface area (Å²) in [7, 11) is 0. The summed E-state index contributed by atoms with van der Waals surface area (Å²) in [5, 5.41) is 7.11. The molecule has 0 aliphatic heterocycles. The summed E-state index contributed by atoms with van der Waals surface area (Å²) in [6, 6.07) is 20.7. The van der Waals surface area contributed by atoms with Crippen LogP contribution in [0, 0.1) is 6.92 Å². The van der Waals surface area contributed by atoms with E-state index < -0.39 is 0 Å². The molecule has 2 aromatic carbocycles. The first-order chi connectivity index (χ1) is 13.2. The van der Waals surface area contributed by atoms with Gasteiger partial charge in [0.2, 0.25) is 0 Å². The van der Waals surface area contributed by atoms with Gasteiger partial charge in [0, 0.05) is 23.3 Å². The Morgan fingerprint density at radius 2 is 1.74 bits per heavy atom. The molecule has 0 saturated heterocycles. The maximum atomic E-state index is 12.5. The second kappa shape index (κ2) is 7.21. The third-order valence-electron chi connectivity index (χ3n) is 4.00. The lowest BCUT2D eigenvalue weighted by Gasteiger charge is -2.10. The molecule has 27 heavy (non-hydrogen) atoms. The van der Waals surface area contributed by atoms with Crippen LogP contribution in [0.15, 0.2) is 72.9 Å². The van der Waals surface area contributed by atoms with Gasteiger partial charge in [-0.15, -0.1) is 0 Å². The maximum absolute atomic E-state index is 12.5. The highest BCUT2D eigenvalue weighted by molar-refractivity contribution is 6.03. The van der Waals surface area contributed by atoms with Crippen LogP contribution >= 0.6 is 0 Å². The Kier molecular flexibility index (Phi) is 4.45. The van der Waals surface area contributed by atoms with Crippen molar-refractivity contribution in [2.75, 3.05) is 10.6 Å². The molecule has 2 heterocycles. The summed E-state index contributed by atoms with van der Waals surface area (Å²) in [5.41, 5.74) is 2.67. The first-order valence-corrected chi connectivity index (χ1v) is 8.52. The van der Waals surface area contributed by atoms with Crippen LogP contribution in [0.4, 0.5) is 17.2 Å². The molecule has 6 nitrogen and oxygen atoms in total. The van der Waals surface area contributed by atoms with E-state index in [9.17, 15) is 4.79 Å². The van der Waals surface area contributed by atoms with Gasteiger partial charge in [-0.3, -0.25) is 9.78 Å². The largest absolute Gasteiger partial charge is 0.338 e. The normalized spacial score (nSPS) is 10.6. The van der Waals surface area contributed by atoms with E-state index in [1.54, 1.807) is 19.2 Å². The molecule has 0 spiro atoms. The molecule has 2 N–H and O–H groups in total. The molecular formula is C21H17N5O. The zero-order valence-electron chi connectivity index (χ0n) is 14.7. The third-order valence-corrected chi connectivity index (χ3v) is 4.00. The number of aromatic nitrogens is 3. The summed E-state index contributed by atoms with van der Waals surface area (Å²) in [6.07, 6.45) is 1.75. The van der Waals surface area contributed by atoms with Gasteiger partial charge in [-0.05, 0) is 31.2 Å². The maximum Gasteiger partial charge on any atom is 0.274 e. The predicted molar refractivity (Wildman–Crippen MR) is 106 cm³/mol. The molecule has 1 amide bonds. The number of pyridine rings is 1. The number of nitrogens with one attached hydrogen (secondary N) is 2. The number of hydrogen-bond donors (Lipinski definition) is 2. The Balaban J connectivity index is 1.63. The molecule has 0 fully saturated rings. The van der Waals surface area contributed by atoms with E-state index in [0.29, 0.717) is 23.0 Å². The van der Waals surface area contributed by atoms with Crippen LogP contribution in [0.3, 0.4) is 0 Å². The van der Waals surface area contributed by atoms with Crippen LogP contribution in [-0.2, 0) is 0 Å². The van der Waals surface area contributed by atoms with E-state index in [1.807, 2.05) is 60.7 Å². The van der Waals surface area contributed by atoms with E-state index in [2.05, 4.69) is 25.6 Å². The van der Waals surface area contributed by atoms with Crippen molar-refractivity contribution in [1.82, 2.24) is 15.0 Å². The topological polar surface area (TPSA) is 79.8 Å². The molecule has 0 radical (unpaired) electrons. The molecule has 0 unspecified atom stereocenters. The summed E-state index contributed by atoms with van der Waals surface area (Å²) < 4.78 is 0. The lowest BCUT2D eigenvalue weighted by atomic mass is 10.2. The number of nitrogens with zero attached hydrogens (tertiary/aromatic N) is 3. The minimum Gasteiger partial charge on any atom is -0.338 e. The van der Waals surface area contributed by atoms with Crippen molar-refractivity contribution in [1.29, 1.82) is 0 Å². The van der Waals surface area contributed by atoms with Crippen LogP contribution in [0.1, 0.15) is 16.3 Å². The average Bonchev–Trinajstić information content (AvgIpc) is 2.69. The molecule has 132 valence electrons. The van der Waals surface area contributed by atoms with E-state index in [0.717, 1.165) is 16.6 Å². The predicted octanol–water partition coefficient (Wildman–Crippen LogP) is 4.33. The Bertz CT molecular complexity index is 1110. The Morgan fingerprint density at radius 3 is 2.59 bits per heavy atom. The number of aryl methyl sites for hydroxylation is 1. The van der Waals surface area contributed by atoms with Crippen molar-refractivity contribution in [3.8, 4) is 0 Å². The van der Waals surface area contributed by atoms with Crippen LogP contribution in [0.2, 0.25) is 0 Å². The quantitative estimate of drug-likeness (QED) is 0.569. The summed E-state index contributed by atoms with van der Waals surface area (Å²) in [4.78, 5) is 25.6. The van der Waals surface area contributed by atoms with E-state index in [-0.39, 0.29) is 5.91 Å². The standard InChI is InChI=1S/C21H17N5O/c1-14-23-18(21(27)25-16-9-3-2-4-10-16)13-19(24-14)26-17-11-5-7-15-8-6-12-22-20(15)17/h2-13H,1H3,(H,25,27)(H,23,24,26). The number of benzene rings is 2. The van der Waals surface area contributed by atoms with Gasteiger partial charge in [0.05, 0.1) is 11.2 Å². The second-order valence-corrected chi connectivity index (χ2v) is 6.01. The van der Waals surface area contributed by atoms with Gasteiger partial charge in [-0.2, -0.15) is 0 Å². The van der Waals surface area contributed by atoms with Crippen molar-refractivity contribution < 1.29 is 4.79 Å². The number of rotatable bonds is 4. The molecule has 0 aliphatic carbocycles. The summed E-state index contributed by atoms with van der Waals surface area (Å²) in [6.45, 7) is 1.76. The number of anilines is 3. The number of hydrogen-bond acceptors (Lipinski definition) is 5. The molecular weight excluding hydrogens is 338 g/mol. The molecule has 0 saturated carbocycles. The van der Waals surface area contributed by atoms with Crippen molar-refractivity contribution in [3.63, 3.8) is 0 Å². The van der Waals surface area contributed by atoms with Crippen molar-refractivity contribution in [3.05, 3.63) is 84.4 Å². The minimum atomic E-state index is -0.286. The van der Waals surface area contributed by atoms with Gasteiger partial charge in [0.25, 0.3) is 5.91 Å². The zero-order valence-corrected chi connectivity index (χ0v) is 14.7. The van der Waals surface area contributed by atoms with Crippen molar-refractivity contribution in [2.24, 2.45) is 0 Å². The Labute approximate surface area is 156 Å². The zero-order chi connectivity index (χ0) is 18.6. The van der Waals surface area contributed by atoms with E-state index in [1.165, 1.54) is 0 Å². The number of carbonyl (C=O) groups excluding carboxylic acids is 1. The lowest BCUT2D eigenvalue weighted by molar-refractivity contribution is 0.102. The van der Waals surface area contributed by atoms with Gasteiger partial charge in [0.1, 0.15) is 17.3 Å². The van der Waals surface area contributed by atoms with E-state index in [4.69, 9.17) is 0 Å². The fourth-order valence-corrected chi connectivity index (χ4v) is 2.81. The van der Waals surface area contributed by atoms with Crippen LogP contribution < -0.4 is 10.6 Å². The molecule has 2 aromatic heterocycles. The van der Waals surface area contributed by atoms with Crippen molar-refractivity contribution in [2.45, 2.75) is 6.92 Å². The second-order valence-electron chi connectivity index (χ2n) is 6.01. The van der Waals surface area contributed by atoms with Crippen LogP contribution in [0.25, 0.3) is 10.9 Å². The van der Waals surface area contributed by atoms with Crippen LogP contribution in [0.5, 0.6) is 0 Å². The third kappa shape index (κ3) is 3.74. The molecule has 0 bridgehead atoms. The van der Waals surface area contributed by atoms with Gasteiger partial charge in [0.15, 0.2) is 0 Å². The van der Waals surface area contributed by atoms with Gasteiger partial charge in [-0.25, -0.2) is 9.97 Å². The smallest absolute Gasteiger partial charge is 0.274 e. The number of para-hydroxylation sites is 2. The molecule has 4 aromatic rings. The van der Waals surface area contributed by atoms with Gasteiger partial charge >= 0.3 is 0 Å². The SMILES string of the molecule is Cc1nc(Nc2cccc3cccnc23)cc(C(=O)Nc2ccccc2)n1. The van der Waals surface area contributed by atoms with Crippen molar-refractivity contribution >= 4 is 34.0 Å². The van der Waals surface area contributed by atoms with E-state index >= 15 is 0 Å². The first kappa shape index (κ1) is 16.7. The van der Waals surface area contributed by atoms with Gasteiger partial charge in [-0.1, -0.05) is 36.4 Å². The highest BCUT2D eigenvalue weighted by Gasteiger charge is 2.12. The summed E-state index contributed by atoms with van der Waals surface area (Å²) in [5.74, 6) is 0.760. The number of amides is 1. The first-order valence-electron chi connectivity index (χ1n) is 8.52. The molecule has 0 atom stereocenters.